The quantitative estimate of drug-likeness (QED) is 0.772. The molecule has 1 aliphatic rings. The van der Waals surface area contributed by atoms with Crippen LogP contribution in [0.25, 0.3) is 0 Å². The van der Waals surface area contributed by atoms with Gasteiger partial charge in [-0.2, -0.15) is 0 Å². The van der Waals surface area contributed by atoms with E-state index < -0.39 is 0 Å². The summed E-state index contributed by atoms with van der Waals surface area (Å²) < 4.78 is 5.88. The molecule has 0 aliphatic heterocycles. The van der Waals surface area contributed by atoms with Crippen molar-refractivity contribution in [1.82, 2.24) is 4.90 Å². The zero-order valence-corrected chi connectivity index (χ0v) is 10.5. The van der Waals surface area contributed by atoms with Gasteiger partial charge in [0.05, 0.1) is 6.10 Å². The molecule has 0 bridgehead atoms. The van der Waals surface area contributed by atoms with E-state index >= 15 is 0 Å². The highest BCUT2D eigenvalue weighted by Crippen LogP contribution is 2.26. The van der Waals surface area contributed by atoms with Crippen LogP contribution in [-0.2, 0) is 6.54 Å². The average Bonchev–Trinajstić information content (AvgIpc) is 2.15. The number of hydrogen-bond acceptors (Lipinski definition) is 2. The molecule has 1 aromatic rings. The fraction of sp³-hybridized carbons (Fsp3) is 0.571. The summed E-state index contributed by atoms with van der Waals surface area (Å²) in [5, 5.41) is 0. The highest BCUT2D eigenvalue weighted by Gasteiger charge is 2.19. The number of aryl methyl sites for hydroxylation is 1. The SMILES string of the molecule is Cc1cc(OC2CCC2)ccc1CN(C)C. The topological polar surface area (TPSA) is 12.5 Å². The lowest BCUT2D eigenvalue weighted by molar-refractivity contribution is 0.120. The molecule has 2 heteroatoms. The summed E-state index contributed by atoms with van der Waals surface area (Å²) >= 11 is 0. The van der Waals surface area contributed by atoms with Crippen molar-refractivity contribution in [2.75, 3.05) is 14.1 Å². The van der Waals surface area contributed by atoms with Gasteiger partial charge < -0.3 is 9.64 Å². The van der Waals surface area contributed by atoms with Crippen molar-refractivity contribution in [3.05, 3.63) is 29.3 Å². The van der Waals surface area contributed by atoms with Gasteiger partial charge in [-0.25, -0.2) is 0 Å². The summed E-state index contributed by atoms with van der Waals surface area (Å²) in [6.07, 6.45) is 4.23. The molecule has 2 rings (SSSR count). The van der Waals surface area contributed by atoms with Crippen molar-refractivity contribution in [3.8, 4) is 5.75 Å². The Morgan fingerprint density at radius 1 is 1.31 bits per heavy atom. The minimum Gasteiger partial charge on any atom is -0.490 e. The smallest absolute Gasteiger partial charge is 0.120 e. The number of rotatable bonds is 4. The van der Waals surface area contributed by atoms with Gasteiger partial charge in [0, 0.05) is 6.54 Å². The zero-order chi connectivity index (χ0) is 11.5. The molecular formula is C14H21NO. The maximum Gasteiger partial charge on any atom is 0.120 e. The fourth-order valence-corrected chi connectivity index (χ4v) is 1.94. The molecule has 0 saturated heterocycles. The summed E-state index contributed by atoms with van der Waals surface area (Å²) in [6.45, 7) is 3.15. The largest absolute Gasteiger partial charge is 0.490 e. The Labute approximate surface area is 98.2 Å². The summed E-state index contributed by atoms with van der Waals surface area (Å²) in [7, 11) is 4.19. The van der Waals surface area contributed by atoms with Crippen molar-refractivity contribution in [1.29, 1.82) is 0 Å². The molecule has 16 heavy (non-hydrogen) atoms. The van der Waals surface area contributed by atoms with E-state index in [0.29, 0.717) is 6.10 Å². The molecule has 1 aliphatic carbocycles. The van der Waals surface area contributed by atoms with Crippen LogP contribution in [0.3, 0.4) is 0 Å². The van der Waals surface area contributed by atoms with Crippen LogP contribution in [0.4, 0.5) is 0 Å². The lowest BCUT2D eigenvalue weighted by Gasteiger charge is -2.26. The standard InChI is InChI=1S/C14H21NO/c1-11-9-14(16-13-5-4-6-13)8-7-12(11)10-15(2)3/h7-9,13H,4-6,10H2,1-3H3. The molecule has 0 amide bonds. The summed E-state index contributed by atoms with van der Waals surface area (Å²) in [5.41, 5.74) is 2.71. The van der Waals surface area contributed by atoms with E-state index in [-0.39, 0.29) is 0 Å². The Morgan fingerprint density at radius 3 is 2.56 bits per heavy atom. The second-order valence-electron chi connectivity index (χ2n) is 5.00. The van der Waals surface area contributed by atoms with Gasteiger partial charge in [-0.3, -0.25) is 0 Å². The highest BCUT2D eigenvalue weighted by molar-refractivity contribution is 5.35. The van der Waals surface area contributed by atoms with E-state index in [9.17, 15) is 0 Å². The Kier molecular flexibility index (Phi) is 3.49. The first-order chi connectivity index (χ1) is 7.65. The molecule has 88 valence electrons. The van der Waals surface area contributed by atoms with Crippen LogP contribution in [0.2, 0.25) is 0 Å². The number of nitrogens with zero attached hydrogens (tertiary/aromatic N) is 1. The molecule has 0 atom stereocenters. The average molecular weight is 219 g/mol. The second kappa shape index (κ2) is 4.88. The maximum atomic E-state index is 5.88. The van der Waals surface area contributed by atoms with Crippen LogP contribution < -0.4 is 4.74 Å². The van der Waals surface area contributed by atoms with Gasteiger partial charge in [0.25, 0.3) is 0 Å². The van der Waals surface area contributed by atoms with Crippen molar-refractivity contribution in [3.63, 3.8) is 0 Å². The van der Waals surface area contributed by atoms with E-state index in [1.807, 2.05) is 0 Å². The van der Waals surface area contributed by atoms with Crippen LogP contribution >= 0.6 is 0 Å². The predicted molar refractivity (Wildman–Crippen MR) is 66.8 cm³/mol. The fourth-order valence-electron chi connectivity index (χ4n) is 1.94. The highest BCUT2D eigenvalue weighted by atomic mass is 16.5. The Hall–Kier alpha value is -1.02. The van der Waals surface area contributed by atoms with Crippen LogP contribution in [0.1, 0.15) is 30.4 Å². The van der Waals surface area contributed by atoms with Gasteiger partial charge >= 0.3 is 0 Å². The van der Waals surface area contributed by atoms with Gasteiger partial charge in [0.15, 0.2) is 0 Å². The van der Waals surface area contributed by atoms with E-state index in [2.05, 4.69) is 44.1 Å². The van der Waals surface area contributed by atoms with Crippen molar-refractivity contribution in [2.24, 2.45) is 0 Å². The Balaban J connectivity index is 2.03. The third kappa shape index (κ3) is 2.76. The molecule has 0 spiro atoms. The predicted octanol–water partition coefficient (Wildman–Crippen LogP) is 2.99. The molecule has 0 heterocycles. The molecule has 2 nitrogen and oxygen atoms in total. The minimum atomic E-state index is 0.471. The van der Waals surface area contributed by atoms with Crippen LogP contribution in [0, 0.1) is 6.92 Å². The number of ether oxygens (including phenoxy) is 1. The first kappa shape index (κ1) is 11.5. The lowest BCUT2D eigenvalue weighted by atomic mass is 9.96. The van der Waals surface area contributed by atoms with Crippen LogP contribution in [0.15, 0.2) is 18.2 Å². The first-order valence-electron chi connectivity index (χ1n) is 6.06. The minimum absolute atomic E-state index is 0.471. The molecule has 1 aromatic carbocycles. The van der Waals surface area contributed by atoms with Crippen molar-refractivity contribution >= 4 is 0 Å². The van der Waals surface area contributed by atoms with Crippen LogP contribution in [0.5, 0.6) is 5.75 Å². The van der Waals surface area contributed by atoms with Gasteiger partial charge in [0.1, 0.15) is 5.75 Å². The van der Waals surface area contributed by atoms with Gasteiger partial charge in [-0.1, -0.05) is 6.07 Å². The van der Waals surface area contributed by atoms with Crippen molar-refractivity contribution < 1.29 is 4.74 Å². The molecule has 0 unspecified atom stereocenters. The maximum absolute atomic E-state index is 5.88. The normalized spacial score (nSPS) is 16.2. The van der Waals surface area contributed by atoms with E-state index in [1.54, 1.807) is 0 Å². The molecular weight excluding hydrogens is 198 g/mol. The van der Waals surface area contributed by atoms with Gasteiger partial charge in [-0.15, -0.1) is 0 Å². The van der Waals surface area contributed by atoms with E-state index in [1.165, 1.54) is 30.4 Å². The number of hydrogen-bond donors (Lipinski definition) is 0. The summed E-state index contributed by atoms with van der Waals surface area (Å²) in [4.78, 5) is 2.19. The molecule has 1 saturated carbocycles. The Bertz CT molecular complexity index is 356. The van der Waals surface area contributed by atoms with Crippen molar-refractivity contribution in [2.45, 2.75) is 38.8 Å². The third-order valence-electron chi connectivity index (χ3n) is 3.16. The molecule has 1 fully saturated rings. The lowest BCUT2D eigenvalue weighted by Crippen LogP contribution is -2.24. The second-order valence-corrected chi connectivity index (χ2v) is 5.00. The van der Waals surface area contributed by atoms with Gasteiger partial charge in [-0.05, 0) is 63.5 Å². The first-order valence-corrected chi connectivity index (χ1v) is 6.06. The molecule has 0 radical (unpaired) electrons. The summed E-state index contributed by atoms with van der Waals surface area (Å²) in [6, 6.07) is 6.45. The third-order valence-corrected chi connectivity index (χ3v) is 3.16. The summed E-state index contributed by atoms with van der Waals surface area (Å²) in [5.74, 6) is 1.03. The number of benzene rings is 1. The zero-order valence-electron chi connectivity index (χ0n) is 10.5. The molecule has 0 aromatic heterocycles. The Morgan fingerprint density at radius 2 is 2.06 bits per heavy atom. The monoisotopic (exact) mass is 219 g/mol. The molecule has 0 N–H and O–H groups in total. The van der Waals surface area contributed by atoms with Crippen LogP contribution in [-0.4, -0.2) is 25.1 Å². The van der Waals surface area contributed by atoms with E-state index in [0.717, 1.165) is 12.3 Å². The van der Waals surface area contributed by atoms with E-state index in [4.69, 9.17) is 4.74 Å². The van der Waals surface area contributed by atoms with Gasteiger partial charge in [0.2, 0.25) is 0 Å².